The van der Waals surface area contributed by atoms with Gasteiger partial charge in [-0.05, 0) is 12.8 Å². The van der Waals surface area contributed by atoms with Gasteiger partial charge in [0, 0.05) is 0 Å². The van der Waals surface area contributed by atoms with Gasteiger partial charge < -0.3 is 9.47 Å². The Morgan fingerprint density at radius 3 is 1.69 bits per heavy atom. The molecule has 1 fully saturated rings. The van der Waals surface area contributed by atoms with E-state index in [1.165, 1.54) is 14.2 Å². The summed E-state index contributed by atoms with van der Waals surface area (Å²) in [6.45, 7) is 0. The molecule has 0 heterocycles. The first-order valence-electron chi connectivity index (χ1n) is 4.36. The molecule has 0 radical (unpaired) electrons. The number of carbonyl (C=O) groups is 2. The fourth-order valence-corrected chi connectivity index (χ4v) is 1.83. The molecule has 4 nitrogen and oxygen atoms in total. The number of esters is 2. The maximum atomic E-state index is 11.2. The number of hydrogen-bond acceptors (Lipinski definition) is 4. The molecule has 0 bridgehead atoms. The van der Waals surface area contributed by atoms with Crippen molar-refractivity contribution in [3.05, 3.63) is 0 Å². The summed E-state index contributed by atoms with van der Waals surface area (Å²) >= 11 is 0. The highest BCUT2D eigenvalue weighted by molar-refractivity contribution is 5.82. The molecule has 1 aliphatic rings. The van der Waals surface area contributed by atoms with Gasteiger partial charge in [0.25, 0.3) is 0 Å². The van der Waals surface area contributed by atoms with Crippen LogP contribution in [-0.2, 0) is 19.1 Å². The van der Waals surface area contributed by atoms with E-state index in [4.69, 9.17) is 0 Å². The Hall–Kier alpha value is -1.06. The van der Waals surface area contributed by atoms with Gasteiger partial charge >= 0.3 is 11.9 Å². The Morgan fingerprint density at radius 1 is 1.00 bits per heavy atom. The lowest BCUT2D eigenvalue weighted by Gasteiger charge is -2.14. The molecule has 0 unspecified atom stereocenters. The van der Waals surface area contributed by atoms with Gasteiger partial charge in [-0.2, -0.15) is 0 Å². The molecular weight excluding hydrogens is 172 g/mol. The van der Waals surface area contributed by atoms with Gasteiger partial charge in [0.05, 0.1) is 26.1 Å². The van der Waals surface area contributed by atoms with Crippen molar-refractivity contribution in [2.45, 2.75) is 19.3 Å². The molecule has 0 aliphatic heterocycles. The van der Waals surface area contributed by atoms with Crippen LogP contribution in [0, 0.1) is 11.8 Å². The van der Waals surface area contributed by atoms with Crippen molar-refractivity contribution in [1.29, 1.82) is 0 Å². The van der Waals surface area contributed by atoms with Gasteiger partial charge in [0.2, 0.25) is 0 Å². The van der Waals surface area contributed by atoms with Crippen molar-refractivity contribution >= 4 is 11.9 Å². The quantitative estimate of drug-likeness (QED) is 0.597. The third kappa shape index (κ3) is 1.99. The summed E-state index contributed by atoms with van der Waals surface area (Å²) in [7, 11) is 2.68. The average Bonchev–Trinajstić information content (AvgIpc) is 2.63. The van der Waals surface area contributed by atoms with Gasteiger partial charge in [-0.3, -0.25) is 9.59 Å². The lowest BCUT2D eigenvalue weighted by molar-refractivity contribution is -0.156. The summed E-state index contributed by atoms with van der Waals surface area (Å²) < 4.78 is 9.22. The smallest absolute Gasteiger partial charge is 0.309 e. The lowest BCUT2D eigenvalue weighted by atomic mass is 9.96. The van der Waals surface area contributed by atoms with E-state index in [1.54, 1.807) is 0 Å². The molecule has 1 aliphatic carbocycles. The van der Waals surface area contributed by atoms with E-state index in [0.29, 0.717) is 0 Å². The van der Waals surface area contributed by atoms with E-state index in [9.17, 15) is 9.59 Å². The van der Waals surface area contributed by atoms with Crippen LogP contribution in [0.15, 0.2) is 0 Å². The molecule has 74 valence electrons. The molecule has 0 aromatic heterocycles. The van der Waals surface area contributed by atoms with Crippen LogP contribution in [0.4, 0.5) is 0 Å². The van der Waals surface area contributed by atoms with Crippen molar-refractivity contribution < 1.29 is 19.1 Å². The van der Waals surface area contributed by atoms with Crippen LogP contribution in [0.2, 0.25) is 0 Å². The van der Waals surface area contributed by atoms with E-state index in [-0.39, 0.29) is 23.8 Å². The minimum absolute atomic E-state index is 0.294. The van der Waals surface area contributed by atoms with Gasteiger partial charge in [0.15, 0.2) is 0 Å². The highest BCUT2D eigenvalue weighted by Gasteiger charge is 2.39. The fraction of sp³-hybridized carbons (Fsp3) is 0.778. The number of methoxy groups -OCH3 is 2. The Labute approximate surface area is 77.2 Å². The van der Waals surface area contributed by atoms with Crippen LogP contribution in [0.5, 0.6) is 0 Å². The zero-order valence-electron chi connectivity index (χ0n) is 7.91. The Bertz CT molecular complexity index is 190. The molecule has 0 aromatic rings. The second kappa shape index (κ2) is 4.25. The van der Waals surface area contributed by atoms with Crippen molar-refractivity contribution in [1.82, 2.24) is 0 Å². The Kier molecular flexibility index (Phi) is 3.28. The second-order valence-corrected chi connectivity index (χ2v) is 3.19. The van der Waals surface area contributed by atoms with Crippen LogP contribution in [-0.4, -0.2) is 26.2 Å². The minimum atomic E-state index is -0.298. The van der Waals surface area contributed by atoms with E-state index in [2.05, 4.69) is 9.47 Å². The number of hydrogen-bond donors (Lipinski definition) is 0. The largest absolute Gasteiger partial charge is 0.469 e. The molecule has 0 N–H and O–H groups in total. The molecule has 0 spiro atoms. The van der Waals surface area contributed by atoms with Crippen LogP contribution in [0.3, 0.4) is 0 Å². The zero-order valence-corrected chi connectivity index (χ0v) is 7.91. The SMILES string of the molecule is COC(=O)[C@H]1CCC[C@@H]1C(=O)OC. The monoisotopic (exact) mass is 186 g/mol. The summed E-state index contributed by atoms with van der Waals surface area (Å²) in [5.74, 6) is -1.18. The van der Waals surface area contributed by atoms with Gasteiger partial charge in [-0.15, -0.1) is 0 Å². The van der Waals surface area contributed by atoms with E-state index in [0.717, 1.165) is 19.3 Å². The minimum Gasteiger partial charge on any atom is -0.469 e. The van der Waals surface area contributed by atoms with Crippen molar-refractivity contribution in [2.24, 2.45) is 11.8 Å². The Balaban J connectivity index is 2.63. The molecule has 0 saturated heterocycles. The maximum absolute atomic E-state index is 11.2. The van der Waals surface area contributed by atoms with Gasteiger partial charge in [-0.25, -0.2) is 0 Å². The molecule has 2 atom stereocenters. The molecule has 4 heteroatoms. The summed E-state index contributed by atoms with van der Waals surface area (Å²) in [6.07, 6.45) is 2.35. The molecule has 13 heavy (non-hydrogen) atoms. The van der Waals surface area contributed by atoms with Crippen molar-refractivity contribution in [3.8, 4) is 0 Å². The highest BCUT2D eigenvalue weighted by atomic mass is 16.5. The highest BCUT2D eigenvalue weighted by Crippen LogP contribution is 2.33. The predicted octanol–water partition coefficient (Wildman–Crippen LogP) is 0.749. The summed E-state index contributed by atoms with van der Waals surface area (Å²) in [5.41, 5.74) is 0. The van der Waals surface area contributed by atoms with Gasteiger partial charge in [-0.1, -0.05) is 6.42 Å². The van der Waals surface area contributed by atoms with Gasteiger partial charge in [0.1, 0.15) is 0 Å². The van der Waals surface area contributed by atoms with Crippen LogP contribution >= 0.6 is 0 Å². The summed E-state index contributed by atoms with van der Waals surface area (Å²) in [6, 6.07) is 0. The maximum Gasteiger partial charge on any atom is 0.309 e. The second-order valence-electron chi connectivity index (χ2n) is 3.19. The molecule has 1 rings (SSSR count). The first-order valence-corrected chi connectivity index (χ1v) is 4.36. The topological polar surface area (TPSA) is 52.6 Å². The van der Waals surface area contributed by atoms with Crippen molar-refractivity contribution in [2.75, 3.05) is 14.2 Å². The molecule has 0 amide bonds. The molecule has 0 aromatic carbocycles. The standard InChI is InChI=1S/C9H14O4/c1-12-8(10)6-4-3-5-7(6)9(11)13-2/h6-7H,3-5H2,1-2H3/t6-,7-/m0/s1. The number of ether oxygens (including phenoxy) is 2. The van der Waals surface area contributed by atoms with E-state index in [1.807, 2.05) is 0 Å². The van der Waals surface area contributed by atoms with Crippen LogP contribution < -0.4 is 0 Å². The first-order chi connectivity index (χ1) is 6.20. The van der Waals surface area contributed by atoms with Crippen molar-refractivity contribution in [3.63, 3.8) is 0 Å². The van der Waals surface area contributed by atoms with E-state index >= 15 is 0 Å². The normalized spacial score (nSPS) is 26.9. The first kappa shape index (κ1) is 10.0. The lowest BCUT2D eigenvalue weighted by Crippen LogP contribution is -2.27. The summed E-state index contributed by atoms with van der Waals surface area (Å²) in [5, 5.41) is 0. The van der Waals surface area contributed by atoms with E-state index < -0.39 is 0 Å². The van der Waals surface area contributed by atoms with Crippen LogP contribution in [0.1, 0.15) is 19.3 Å². The average molecular weight is 186 g/mol. The molecular formula is C9H14O4. The number of rotatable bonds is 2. The Morgan fingerprint density at radius 2 is 1.38 bits per heavy atom. The third-order valence-corrected chi connectivity index (χ3v) is 2.52. The fourth-order valence-electron chi connectivity index (χ4n) is 1.83. The predicted molar refractivity (Wildman–Crippen MR) is 44.9 cm³/mol. The third-order valence-electron chi connectivity index (χ3n) is 2.52. The number of carbonyl (C=O) groups excluding carboxylic acids is 2. The zero-order chi connectivity index (χ0) is 9.84. The summed E-state index contributed by atoms with van der Waals surface area (Å²) in [4.78, 5) is 22.4. The molecule has 1 saturated carbocycles. The van der Waals surface area contributed by atoms with Crippen LogP contribution in [0.25, 0.3) is 0 Å².